The van der Waals surface area contributed by atoms with E-state index in [4.69, 9.17) is 4.74 Å². The highest BCUT2D eigenvalue weighted by Crippen LogP contribution is 2.33. The number of unbranched alkanes of at least 4 members (excludes halogenated alkanes) is 1. The van der Waals surface area contributed by atoms with Crippen molar-refractivity contribution < 1.29 is 9.53 Å². The Morgan fingerprint density at radius 1 is 1.50 bits per heavy atom. The molecule has 0 unspecified atom stereocenters. The Bertz CT molecular complexity index is 307. The normalized spacial score (nSPS) is 19.2. The van der Waals surface area contributed by atoms with Crippen LogP contribution >= 0.6 is 11.8 Å². The van der Waals surface area contributed by atoms with Gasteiger partial charge in [0, 0.05) is 13.1 Å². The number of rotatable bonds is 6. The first-order valence-corrected chi connectivity index (χ1v) is 7.72. The Morgan fingerprint density at radius 2 is 2.17 bits per heavy atom. The number of nitrogens with zero attached hydrogens (tertiary/aromatic N) is 2. The summed E-state index contributed by atoms with van der Waals surface area (Å²) in [5.74, 6) is -0.142. The lowest BCUT2D eigenvalue weighted by molar-refractivity contribution is -0.145. The number of piperidine rings is 1. The summed E-state index contributed by atoms with van der Waals surface area (Å²) in [7, 11) is 0. The molecular weight excluding hydrogens is 248 g/mol. The van der Waals surface area contributed by atoms with Crippen LogP contribution in [0.1, 0.15) is 32.6 Å². The van der Waals surface area contributed by atoms with Crippen molar-refractivity contribution in [3.05, 3.63) is 0 Å². The van der Waals surface area contributed by atoms with Crippen molar-refractivity contribution in [3.63, 3.8) is 0 Å². The maximum Gasteiger partial charge on any atom is 0.320 e. The third kappa shape index (κ3) is 4.51. The summed E-state index contributed by atoms with van der Waals surface area (Å²) in [4.78, 5) is 13.6. The molecule has 5 heteroatoms. The number of likely N-dealkylation sites (tertiary alicyclic amines) is 1. The molecule has 0 radical (unpaired) electrons. The van der Waals surface area contributed by atoms with Crippen LogP contribution < -0.4 is 0 Å². The van der Waals surface area contributed by atoms with E-state index in [9.17, 15) is 10.1 Å². The highest BCUT2D eigenvalue weighted by Gasteiger charge is 2.34. The number of carbonyl (C=O) groups excluding carboxylic acids is 1. The first kappa shape index (κ1) is 15.3. The SMILES string of the molecule is CCCCOC(=O)CN1CCC(C#N)(SC)CC1. The van der Waals surface area contributed by atoms with Crippen LogP contribution in [-0.4, -0.2) is 48.1 Å². The smallest absolute Gasteiger partial charge is 0.320 e. The van der Waals surface area contributed by atoms with Crippen molar-refractivity contribution in [1.82, 2.24) is 4.90 Å². The molecule has 0 spiro atoms. The molecule has 1 rings (SSSR count). The van der Waals surface area contributed by atoms with Gasteiger partial charge in [0.1, 0.15) is 4.75 Å². The fourth-order valence-electron chi connectivity index (χ4n) is 1.99. The zero-order chi connectivity index (χ0) is 13.4. The third-order valence-electron chi connectivity index (χ3n) is 3.37. The quantitative estimate of drug-likeness (QED) is 0.546. The van der Waals surface area contributed by atoms with Crippen LogP contribution in [0.25, 0.3) is 0 Å². The maximum absolute atomic E-state index is 11.6. The number of hydrogen-bond acceptors (Lipinski definition) is 5. The monoisotopic (exact) mass is 270 g/mol. The summed E-state index contributed by atoms with van der Waals surface area (Å²) in [6.45, 7) is 4.56. The minimum atomic E-state index is -0.247. The van der Waals surface area contributed by atoms with E-state index in [1.807, 2.05) is 6.26 Å². The molecule has 0 bridgehead atoms. The first-order chi connectivity index (χ1) is 8.65. The Labute approximate surface area is 114 Å². The van der Waals surface area contributed by atoms with Crippen LogP contribution in [-0.2, 0) is 9.53 Å². The van der Waals surface area contributed by atoms with Crippen molar-refractivity contribution in [2.45, 2.75) is 37.4 Å². The summed E-state index contributed by atoms with van der Waals surface area (Å²) in [6.07, 6.45) is 5.60. The van der Waals surface area contributed by atoms with Crippen LogP contribution in [0.3, 0.4) is 0 Å². The molecule has 18 heavy (non-hydrogen) atoms. The van der Waals surface area contributed by atoms with Gasteiger partial charge in [-0.15, -0.1) is 11.8 Å². The Morgan fingerprint density at radius 3 is 2.67 bits per heavy atom. The lowest BCUT2D eigenvalue weighted by Crippen LogP contribution is -2.43. The molecule has 0 aromatic carbocycles. The van der Waals surface area contributed by atoms with Crippen LogP contribution in [0.15, 0.2) is 0 Å². The van der Waals surface area contributed by atoms with E-state index in [0.717, 1.165) is 38.8 Å². The molecule has 1 aliphatic heterocycles. The van der Waals surface area contributed by atoms with Crippen molar-refractivity contribution in [2.75, 3.05) is 32.5 Å². The van der Waals surface area contributed by atoms with E-state index in [1.165, 1.54) is 0 Å². The molecule has 0 N–H and O–H groups in total. The third-order valence-corrected chi connectivity index (χ3v) is 4.65. The van der Waals surface area contributed by atoms with E-state index in [-0.39, 0.29) is 10.7 Å². The van der Waals surface area contributed by atoms with Crippen LogP contribution in [0.4, 0.5) is 0 Å². The average Bonchev–Trinajstić information content (AvgIpc) is 2.40. The predicted molar refractivity (Wildman–Crippen MR) is 73.4 cm³/mol. The molecule has 0 amide bonds. The van der Waals surface area contributed by atoms with Gasteiger partial charge in [-0.2, -0.15) is 5.26 Å². The number of carbonyl (C=O) groups is 1. The van der Waals surface area contributed by atoms with E-state index in [1.54, 1.807) is 11.8 Å². The highest BCUT2D eigenvalue weighted by molar-refractivity contribution is 8.00. The van der Waals surface area contributed by atoms with Gasteiger partial charge in [-0.1, -0.05) is 13.3 Å². The molecule has 1 fully saturated rings. The fourth-order valence-corrected chi connectivity index (χ4v) is 2.67. The minimum absolute atomic E-state index is 0.142. The van der Waals surface area contributed by atoms with Crippen LogP contribution in [0, 0.1) is 11.3 Å². The molecule has 0 aromatic rings. The zero-order valence-electron chi connectivity index (χ0n) is 11.3. The van der Waals surface area contributed by atoms with Gasteiger partial charge >= 0.3 is 5.97 Å². The van der Waals surface area contributed by atoms with Crippen molar-refractivity contribution >= 4 is 17.7 Å². The van der Waals surface area contributed by atoms with E-state index in [2.05, 4.69) is 17.9 Å². The number of ether oxygens (including phenoxy) is 1. The van der Waals surface area contributed by atoms with Gasteiger partial charge < -0.3 is 4.74 Å². The van der Waals surface area contributed by atoms with Gasteiger partial charge in [0.25, 0.3) is 0 Å². The van der Waals surface area contributed by atoms with Gasteiger partial charge in [-0.3, -0.25) is 9.69 Å². The lowest BCUT2D eigenvalue weighted by atomic mass is 9.97. The minimum Gasteiger partial charge on any atom is -0.465 e. The molecular formula is C13H22N2O2S. The summed E-state index contributed by atoms with van der Waals surface area (Å²) in [5, 5.41) is 9.17. The van der Waals surface area contributed by atoms with E-state index < -0.39 is 0 Å². The van der Waals surface area contributed by atoms with Crippen molar-refractivity contribution in [3.8, 4) is 6.07 Å². The summed E-state index contributed by atoms with van der Waals surface area (Å²) >= 11 is 1.63. The molecule has 0 saturated carbocycles. The maximum atomic E-state index is 11.6. The Hall–Kier alpha value is -0.730. The molecule has 0 atom stereocenters. The summed E-state index contributed by atoms with van der Waals surface area (Å²) in [6, 6.07) is 2.40. The summed E-state index contributed by atoms with van der Waals surface area (Å²) in [5.41, 5.74) is 0. The Kier molecular flexibility index (Phi) is 6.51. The first-order valence-electron chi connectivity index (χ1n) is 6.50. The van der Waals surface area contributed by atoms with Crippen LogP contribution in [0.2, 0.25) is 0 Å². The van der Waals surface area contributed by atoms with Gasteiger partial charge in [0.15, 0.2) is 0 Å². The van der Waals surface area contributed by atoms with Gasteiger partial charge in [0.05, 0.1) is 19.2 Å². The second kappa shape index (κ2) is 7.65. The largest absolute Gasteiger partial charge is 0.465 e. The molecule has 1 heterocycles. The number of nitriles is 1. The fraction of sp³-hybridized carbons (Fsp3) is 0.846. The summed E-state index contributed by atoms with van der Waals surface area (Å²) < 4.78 is 4.89. The number of esters is 1. The molecule has 0 aliphatic carbocycles. The predicted octanol–water partition coefficient (Wildman–Crippen LogP) is 2.05. The van der Waals surface area contributed by atoms with Gasteiger partial charge in [-0.25, -0.2) is 0 Å². The molecule has 1 saturated heterocycles. The lowest BCUT2D eigenvalue weighted by Gasteiger charge is -2.35. The average molecular weight is 270 g/mol. The zero-order valence-corrected chi connectivity index (χ0v) is 12.1. The second-order valence-electron chi connectivity index (χ2n) is 4.66. The molecule has 0 aromatic heterocycles. The Balaban J connectivity index is 2.27. The molecule has 4 nitrogen and oxygen atoms in total. The van der Waals surface area contributed by atoms with Crippen molar-refractivity contribution in [1.29, 1.82) is 5.26 Å². The number of hydrogen-bond donors (Lipinski definition) is 0. The molecule has 1 aliphatic rings. The van der Waals surface area contributed by atoms with Crippen LogP contribution in [0.5, 0.6) is 0 Å². The molecule has 102 valence electrons. The highest BCUT2D eigenvalue weighted by atomic mass is 32.2. The standard InChI is InChI=1S/C13H22N2O2S/c1-3-4-9-17-12(16)10-15-7-5-13(11-14,18-2)6-8-15/h3-10H2,1-2H3. The number of thioether (sulfide) groups is 1. The topological polar surface area (TPSA) is 53.3 Å². The van der Waals surface area contributed by atoms with Crippen molar-refractivity contribution in [2.24, 2.45) is 0 Å². The second-order valence-corrected chi connectivity index (χ2v) is 5.85. The van der Waals surface area contributed by atoms with Gasteiger partial charge in [-0.05, 0) is 25.5 Å². The van der Waals surface area contributed by atoms with Gasteiger partial charge in [0.2, 0.25) is 0 Å². The van der Waals surface area contributed by atoms with E-state index in [0.29, 0.717) is 13.2 Å². The van der Waals surface area contributed by atoms with E-state index >= 15 is 0 Å².